The lowest BCUT2D eigenvalue weighted by molar-refractivity contribution is 0.0144. The number of amides is 1. The lowest BCUT2D eigenvalue weighted by Crippen LogP contribution is -2.56. The van der Waals surface area contributed by atoms with Gasteiger partial charge < -0.3 is 19.4 Å². The molecule has 0 aliphatic carbocycles. The van der Waals surface area contributed by atoms with E-state index in [1.165, 1.54) is 5.56 Å². The molecule has 1 fully saturated rings. The van der Waals surface area contributed by atoms with E-state index in [0.29, 0.717) is 19.6 Å². The molecule has 1 saturated heterocycles. The zero-order valence-electron chi connectivity index (χ0n) is 17.5. The summed E-state index contributed by atoms with van der Waals surface area (Å²) >= 11 is 0. The predicted molar refractivity (Wildman–Crippen MR) is 106 cm³/mol. The molecule has 0 radical (unpaired) electrons. The molecule has 3 rings (SSSR count). The van der Waals surface area contributed by atoms with Crippen LogP contribution in [-0.4, -0.2) is 70.7 Å². The first-order chi connectivity index (χ1) is 13.2. The van der Waals surface area contributed by atoms with Crippen molar-refractivity contribution in [2.24, 2.45) is 0 Å². The molecule has 1 unspecified atom stereocenters. The van der Waals surface area contributed by atoms with Crippen molar-refractivity contribution >= 4 is 11.9 Å². The topological polar surface area (TPSA) is 85.6 Å². The van der Waals surface area contributed by atoms with E-state index in [4.69, 9.17) is 9.72 Å². The Kier molecular flexibility index (Phi) is 5.75. The summed E-state index contributed by atoms with van der Waals surface area (Å²) < 4.78 is 5.54. The third kappa shape index (κ3) is 4.53. The highest BCUT2D eigenvalue weighted by Gasteiger charge is 2.35. The van der Waals surface area contributed by atoms with Crippen molar-refractivity contribution in [3.63, 3.8) is 0 Å². The van der Waals surface area contributed by atoms with Gasteiger partial charge in [-0.25, -0.2) is 14.8 Å². The van der Waals surface area contributed by atoms with Crippen molar-refractivity contribution in [1.82, 2.24) is 19.8 Å². The second-order valence-corrected chi connectivity index (χ2v) is 8.64. The number of piperazine rings is 1. The molecule has 0 bridgehead atoms. The molecule has 1 amide bonds. The van der Waals surface area contributed by atoms with Gasteiger partial charge in [0, 0.05) is 38.3 Å². The fourth-order valence-electron chi connectivity index (χ4n) is 3.81. The van der Waals surface area contributed by atoms with Gasteiger partial charge >= 0.3 is 6.09 Å². The average Bonchev–Trinajstić information content (AvgIpc) is 2.59. The maximum Gasteiger partial charge on any atom is 0.410 e. The molecule has 28 heavy (non-hydrogen) atoms. The number of hydrogen-bond acceptors (Lipinski definition) is 7. The molecule has 3 heterocycles. The Bertz CT molecular complexity index is 782. The van der Waals surface area contributed by atoms with Crippen LogP contribution in [0.15, 0.2) is 0 Å². The molecule has 8 heteroatoms. The SMILES string of the molecule is Cc1nc2c(c(N3CCN(C(=O)OC(C)(C)C)C(CC#N)C3)n1)CCN(C)C2. The van der Waals surface area contributed by atoms with Crippen LogP contribution in [-0.2, 0) is 17.7 Å². The average molecular weight is 387 g/mol. The third-order valence-electron chi connectivity index (χ3n) is 5.08. The standard InChI is InChI=1S/C20H30N6O2/c1-14-22-17-13-24(5)9-7-16(17)18(23-14)25-10-11-26(15(12-25)6-8-21)19(27)28-20(2,3)4/h15H,6-7,9-13H2,1-5H3. The summed E-state index contributed by atoms with van der Waals surface area (Å²) in [5, 5.41) is 9.29. The minimum atomic E-state index is -0.555. The number of anilines is 1. The Balaban J connectivity index is 1.83. The van der Waals surface area contributed by atoms with E-state index < -0.39 is 5.60 Å². The van der Waals surface area contributed by atoms with Crippen LogP contribution < -0.4 is 4.90 Å². The highest BCUT2D eigenvalue weighted by atomic mass is 16.6. The van der Waals surface area contributed by atoms with E-state index in [1.807, 2.05) is 27.7 Å². The summed E-state index contributed by atoms with van der Waals surface area (Å²) in [6, 6.07) is 2.00. The molecule has 0 N–H and O–H groups in total. The lowest BCUT2D eigenvalue weighted by Gasteiger charge is -2.42. The number of carbonyl (C=O) groups excluding carboxylic acids is 1. The molecule has 1 atom stereocenters. The van der Waals surface area contributed by atoms with E-state index in [2.05, 4.69) is 27.9 Å². The van der Waals surface area contributed by atoms with Crippen molar-refractivity contribution < 1.29 is 9.53 Å². The minimum Gasteiger partial charge on any atom is -0.444 e. The van der Waals surface area contributed by atoms with Gasteiger partial charge in [-0.3, -0.25) is 0 Å². The molecule has 2 aliphatic rings. The monoisotopic (exact) mass is 386 g/mol. The van der Waals surface area contributed by atoms with Gasteiger partial charge in [0.05, 0.1) is 24.2 Å². The van der Waals surface area contributed by atoms with Crippen LogP contribution >= 0.6 is 0 Å². The number of ether oxygens (including phenoxy) is 1. The largest absolute Gasteiger partial charge is 0.444 e. The second-order valence-electron chi connectivity index (χ2n) is 8.64. The minimum absolute atomic E-state index is 0.217. The van der Waals surface area contributed by atoms with Gasteiger partial charge in [-0.2, -0.15) is 5.26 Å². The molecule has 8 nitrogen and oxygen atoms in total. The number of likely N-dealkylation sites (N-methyl/N-ethyl adjacent to an activating group) is 1. The van der Waals surface area contributed by atoms with Crippen molar-refractivity contribution in [3.05, 3.63) is 17.1 Å². The molecule has 1 aromatic heterocycles. The Morgan fingerprint density at radius 1 is 1.29 bits per heavy atom. The summed E-state index contributed by atoms with van der Waals surface area (Å²) in [5.74, 6) is 1.72. The van der Waals surface area contributed by atoms with E-state index in [9.17, 15) is 10.1 Å². The van der Waals surface area contributed by atoms with E-state index in [-0.39, 0.29) is 18.6 Å². The Morgan fingerprint density at radius 3 is 2.71 bits per heavy atom. The number of aryl methyl sites for hydroxylation is 1. The first-order valence-electron chi connectivity index (χ1n) is 9.84. The summed E-state index contributed by atoms with van der Waals surface area (Å²) in [4.78, 5) is 28.2. The maximum atomic E-state index is 12.6. The summed E-state index contributed by atoms with van der Waals surface area (Å²) in [6.07, 6.45) is 0.830. The first kappa shape index (κ1) is 20.3. The van der Waals surface area contributed by atoms with Crippen molar-refractivity contribution in [3.8, 4) is 6.07 Å². The summed E-state index contributed by atoms with van der Waals surface area (Å²) in [5.41, 5.74) is 1.73. The second kappa shape index (κ2) is 7.92. The summed E-state index contributed by atoms with van der Waals surface area (Å²) in [7, 11) is 2.10. The molecular weight excluding hydrogens is 356 g/mol. The van der Waals surface area contributed by atoms with E-state index in [0.717, 1.165) is 36.8 Å². The van der Waals surface area contributed by atoms with Gasteiger partial charge in [0.2, 0.25) is 0 Å². The fraction of sp³-hybridized carbons (Fsp3) is 0.700. The highest BCUT2D eigenvalue weighted by Crippen LogP contribution is 2.28. The van der Waals surface area contributed by atoms with Crippen LogP contribution in [0, 0.1) is 18.3 Å². The van der Waals surface area contributed by atoms with Crippen LogP contribution in [0.5, 0.6) is 0 Å². The molecule has 1 aromatic rings. The number of nitriles is 1. The van der Waals surface area contributed by atoms with Gasteiger partial charge in [-0.15, -0.1) is 0 Å². The number of nitrogens with zero attached hydrogens (tertiary/aromatic N) is 6. The van der Waals surface area contributed by atoms with E-state index in [1.54, 1.807) is 4.90 Å². The number of hydrogen-bond donors (Lipinski definition) is 0. The molecule has 0 aromatic carbocycles. The van der Waals surface area contributed by atoms with Crippen LogP contribution in [0.2, 0.25) is 0 Å². The quantitative estimate of drug-likeness (QED) is 0.769. The predicted octanol–water partition coefficient (Wildman–Crippen LogP) is 2.11. The van der Waals surface area contributed by atoms with Gasteiger partial charge in [0.15, 0.2) is 0 Å². The number of aromatic nitrogens is 2. The molecule has 2 aliphatic heterocycles. The maximum absolute atomic E-state index is 12.6. The number of rotatable bonds is 2. The zero-order valence-corrected chi connectivity index (χ0v) is 17.5. The highest BCUT2D eigenvalue weighted by molar-refractivity contribution is 5.69. The third-order valence-corrected chi connectivity index (χ3v) is 5.08. The van der Waals surface area contributed by atoms with Gasteiger partial charge in [0.1, 0.15) is 17.2 Å². The van der Waals surface area contributed by atoms with Crippen LogP contribution in [0.4, 0.5) is 10.6 Å². The van der Waals surface area contributed by atoms with Crippen molar-refractivity contribution in [2.75, 3.05) is 38.1 Å². The number of fused-ring (bicyclic) bond motifs is 1. The Hall–Kier alpha value is -2.40. The fourth-order valence-corrected chi connectivity index (χ4v) is 3.81. The van der Waals surface area contributed by atoms with E-state index >= 15 is 0 Å². The first-order valence-corrected chi connectivity index (χ1v) is 9.84. The Morgan fingerprint density at radius 2 is 2.04 bits per heavy atom. The molecule has 0 spiro atoms. The van der Waals surface area contributed by atoms with Crippen molar-refractivity contribution in [1.29, 1.82) is 5.26 Å². The van der Waals surface area contributed by atoms with Crippen molar-refractivity contribution in [2.45, 2.75) is 58.7 Å². The molecule has 0 saturated carbocycles. The molecule has 152 valence electrons. The van der Waals surface area contributed by atoms with Crippen LogP contribution in [0.25, 0.3) is 0 Å². The smallest absolute Gasteiger partial charge is 0.410 e. The summed E-state index contributed by atoms with van der Waals surface area (Å²) in [6.45, 7) is 11.0. The number of carbonyl (C=O) groups is 1. The molecular formula is C20H30N6O2. The van der Waals surface area contributed by atoms with Gasteiger partial charge in [-0.05, 0) is 41.2 Å². The normalized spacial score (nSPS) is 20.5. The zero-order chi connectivity index (χ0) is 20.5. The van der Waals surface area contributed by atoms with Gasteiger partial charge in [0.25, 0.3) is 0 Å². The van der Waals surface area contributed by atoms with Gasteiger partial charge in [-0.1, -0.05) is 0 Å². The Labute approximate surface area is 167 Å². The van der Waals surface area contributed by atoms with Crippen LogP contribution in [0.1, 0.15) is 44.3 Å². The lowest BCUT2D eigenvalue weighted by atomic mass is 10.0. The van der Waals surface area contributed by atoms with Crippen LogP contribution in [0.3, 0.4) is 0 Å².